The van der Waals surface area contributed by atoms with Crippen molar-refractivity contribution in [1.29, 1.82) is 0 Å². The first-order chi connectivity index (χ1) is 11.8. The average molecular weight is 353 g/mol. The van der Waals surface area contributed by atoms with Crippen molar-refractivity contribution in [2.75, 3.05) is 58.4 Å². The quantitative estimate of drug-likeness (QED) is 0.465. The Morgan fingerprint density at radius 1 is 1.17 bits per heavy atom. The van der Waals surface area contributed by atoms with Gasteiger partial charge in [0, 0.05) is 53.5 Å². The molecule has 0 atom stereocenters. The Hall–Kier alpha value is -1.46. The van der Waals surface area contributed by atoms with Gasteiger partial charge in [-0.05, 0) is 31.4 Å². The van der Waals surface area contributed by atoms with E-state index >= 15 is 0 Å². The average Bonchev–Trinajstić information content (AvgIpc) is 2.62. The number of hydrogen-bond acceptors (Lipinski definition) is 3. The minimum absolute atomic E-state index is 0.824. The molecule has 1 aliphatic heterocycles. The van der Waals surface area contributed by atoms with E-state index < -0.39 is 0 Å². The number of rotatable bonds is 7. The van der Waals surface area contributed by atoms with Crippen LogP contribution in [0.2, 0.25) is 5.02 Å². The van der Waals surface area contributed by atoms with E-state index in [0.717, 1.165) is 68.8 Å². The molecule has 0 bridgehead atoms. The number of methoxy groups -OCH3 is 1. The zero-order valence-corrected chi connectivity index (χ0v) is 15.6. The summed E-state index contributed by atoms with van der Waals surface area (Å²) in [6.45, 7) is 5.62. The molecular weight excluding hydrogens is 324 g/mol. The van der Waals surface area contributed by atoms with Gasteiger partial charge >= 0.3 is 0 Å². The summed E-state index contributed by atoms with van der Waals surface area (Å²) in [5, 5.41) is 4.30. The second kappa shape index (κ2) is 10.4. The highest BCUT2D eigenvalue weighted by Gasteiger charge is 2.20. The monoisotopic (exact) mass is 352 g/mol. The van der Waals surface area contributed by atoms with Crippen LogP contribution < -0.4 is 10.2 Å². The molecule has 0 aliphatic carbocycles. The number of nitrogens with zero attached hydrogens (tertiary/aromatic N) is 3. The van der Waals surface area contributed by atoms with E-state index in [-0.39, 0.29) is 0 Å². The fourth-order valence-corrected chi connectivity index (χ4v) is 3.20. The first-order valence-electron chi connectivity index (χ1n) is 8.70. The largest absolute Gasteiger partial charge is 0.385 e. The van der Waals surface area contributed by atoms with Gasteiger partial charge in [-0.3, -0.25) is 4.99 Å². The normalized spacial score (nSPS) is 15.7. The standard InChI is InChI=1S/C18H29ClN4O/c1-20-18(21-10-6-3-7-15-24-2)23-13-11-22(12-14-23)17-9-5-4-8-16(17)19/h4-5,8-9H,3,6-7,10-15H2,1-2H3,(H,20,21). The van der Waals surface area contributed by atoms with Crippen LogP contribution in [0.15, 0.2) is 29.3 Å². The third-order valence-corrected chi connectivity index (χ3v) is 4.61. The van der Waals surface area contributed by atoms with Crippen molar-refractivity contribution in [3.8, 4) is 0 Å². The number of halogens is 1. The van der Waals surface area contributed by atoms with Crippen molar-refractivity contribution in [3.63, 3.8) is 0 Å². The van der Waals surface area contributed by atoms with Crippen LogP contribution in [0.3, 0.4) is 0 Å². The molecule has 1 aromatic carbocycles. The Morgan fingerprint density at radius 3 is 2.58 bits per heavy atom. The summed E-state index contributed by atoms with van der Waals surface area (Å²) >= 11 is 6.30. The molecule has 0 amide bonds. The van der Waals surface area contributed by atoms with E-state index in [0.29, 0.717) is 0 Å². The highest BCUT2D eigenvalue weighted by atomic mass is 35.5. The van der Waals surface area contributed by atoms with E-state index in [1.54, 1.807) is 7.11 Å². The predicted octanol–water partition coefficient (Wildman–Crippen LogP) is 2.85. The van der Waals surface area contributed by atoms with Crippen LogP contribution in [0.5, 0.6) is 0 Å². The van der Waals surface area contributed by atoms with Crippen LogP contribution in [0, 0.1) is 0 Å². The first-order valence-corrected chi connectivity index (χ1v) is 9.08. The fraction of sp³-hybridized carbons (Fsp3) is 0.611. The maximum atomic E-state index is 6.30. The number of hydrogen-bond donors (Lipinski definition) is 1. The van der Waals surface area contributed by atoms with E-state index in [9.17, 15) is 0 Å². The molecule has 0 aromatic heterocycles. The smallest absolute Gasteiger partial charge is 0.193 e. The molecule has 1 N–H and O–H groups in total. The Morgan fingerprint density at radius 2 is 1.92 bits per heavy atom. The van der Waals surface area contributed by atoms with Gasteiger partial charge in [-0.25, -0.2) is 0 Å². The number of nitrogens with one attached hydrogen (secondary N) is 1. The number of ether oxygens (including phenoxy) is 1. The lowest BCUT2D eigenvalue weighted by atomic mass is 10.2. The number of benzene rings is 1. The highest BCUT2D eigenvalue weighted by Crippen LogP contribution is 2.25. The van der Waals surface area contributed by atoms with Crippen molar-refractivity contribution in [3.05, 3.63) is 29.3 Å². The molecule has 1 heterocycles. The molecule has 0 saturated carbocycles. The molecule has 6 heteroatoms. The first kappa shape index (κ1) is 18.9. The fourth-order valence-electron chi connectivity index (χ4n) is 2.95. The maximum absolute atomic E-state index is 6.30. The van der Waals surface area contributed by atoms with E-state index in [1.807, 2.05) is 25.2 Å². The van der Waals surface area contributed by atoms with Crippen LogP contribution in [0.1, 0.15) is 19.3 Å². The zero-order valence-electron chi connectivity index (χ0n) is 14.8. The van der Waals surface area contributed by atoms with Crippen LogP contribution in [-0.2, 0) is 4.74 Å². The third-order valence-electron chi connectivity index (χ3n) is 4.29. The number of aliphatic imine (C=N–C) groups is 1. The van der Waals surface area contributed by atoms with Gasteiger partial charge in [0.1, 0.15) is 0 Å². The topological polar surface area (TPSA) is 40.1 Å². The van der Waals surface area contributed by atoms with Crippen LogP contribution in [0.25, 0.3) is 0 Å². The highest BCUT2D eigenvalue weighted by molar-refractivity contribution is 6.33. The molecule has 0 radical (unpaired) electrons. The Labute approximate surface area is 150 Å². The van der Waals surface area contributed by atoms with Gasteiger partial charge in [0.05, 0.1) is 10.7 Å². The number of anilines is 1. The summed E-state index contributed by atoms with van der Waals surface area (Å²) in [4.78, 5) is 9.09. The molecule has 1 fully saturated rings. The molecule has 24 heavy (non-hydrogen) atoms. The zero-order chi connectivity index (χ0) is 17.2. The second-order valence-electron chi connectivity index (χ2n) is 5.95. The summed E-state index contributed by atoms with van der Waals surface area (Å²) in [6.07, 6.45) is 3.44. The van der Waals surface area contributed by atoms with Gasteiger partial charge < -0.3 is 19.9 Å². The van der Waals surface area contributed by atoms with Gasteiger partial charge in [0.25, 0.3) is 0 Å². The van der Waals surface area contributed by atoms with Crippen molar-refractivity contribution in [2.24, 2.45) is 4.99 Å². The maximum Gasteiger partial charge on any atom is 0.193 e. The number of piperazine rings is 1. The summed E-state index contributed by atoms with van der Waals surface area (Å²) in [5.41, 5.74) is 1.12. The van der Waals surface area contributed by atoms with E-state index in [4.69, 9.17) is 16.3 Å². The van der Waals surface area contributed by atoms with Crippen LogP contribution in [-0.4, -0.2) is 64.3 Å². The lowest BCUT2D eigenvalue weighted by molar-refractivity contribution is 0.192. The molecule has 0 unspecified atom stereocenters. The lowest BCUT2D eigenvalue weighted by Gasteiger charge is -2.38. The van der Waals surface area contributed by atoms with Gasteiger partial charge in [-0.15, -0.1) is 0 Å². The second-order valence-corrected chi connectivity index (χ2v) is 6.36. The van der Waals surface area contributed by atoms with Gasteiger partial charge in [-0.1, -0.05) is 23.7 Å². The molecule has 1 aromatic rings. The van der Waals surface area contributed by atoms with Crippen molar-refractivity contribution in [2.45, 2.75) is 19.3 Å². The van der Waals surface area contributed by atoms with Crippen LogP contribution >= 0.6 is 11.6 Å². The Balaban J connectivity index is 1.75. The van der Waals surface area contributed by atoms with Crippen molar-refractivity contribution >= 4 is 23.2 Å². The van der Waals surface area contributed by atoms with Crippen molar-refractivity contribution < 1.29 is 4.74 Å². The van der Waals surface area contributed by atoms with E-state index in [2.05, 4.69) is 26.2 Å². The minimum Gasteiger partial charge on any atom is -0.385 e. The van der Waals surface area contributed by atoms with E-state index in [1.165, 1.54) is 6.42 Å². The molecular formula is C18H29ClN4O. The molecule has 2 rings (SSSR count). The number of para-hydroxylation sites is 1. The Bertz CT molecular complexity index is 515. The van der Waals surface area contributed by atoms with Gasteiger partial charge in [-0.2, -0.15) is 0 Å². The van der Waals surface area contributed by atoms with Crippen LogP contribution in [0.4, 0.5) is 5.69 Å². The molecule has 0 spiro atoms. The summed E-state index contributed by atoms with van der Waals surface area (Å²) in [5.74, 6) is 1.00. The molecule has 1 aliphatic rings. The third kappa shape index (κ3) is 5.56. The minimum atomic E-state index is 0.824. The molecule has 1 saturated heterocycles. The number of guanidine groups is 1. The molecule has 134 valence electrons. The Kier molecular flexibility index (Phi) is 8.19. The summed E-state index contributed by atoms with van der Waals surface area (Å²) < 4.78 is 5.07. The SMILES string of the molecule is CN=C(NCCCCCOC)N1CCN(c2ccccc2Cl)CC1. The van der Waals surface area contributed by atoms with Crippen molar-refractivity contribution in [1.82, 2.24) is 10.2 Å². The van der Waals surface area contributed by atoms with Gasteiger partial charge in [0.15, 0.2) is 5.96 Å². The van der Waals surface area contributed by atoms with Gasteiger partial charge in [0.2, 0.25) is 0 Å². The number of unbranched alkanes of at least 4 members (excludes halogenated alkanes) is 2. The molecule has 5 nitrogen and oxygen atoms in total. The lowest BCUT2D eigenvalue weighted by Crippen LogP contribution is -2.52. The predicted molar refractivity (Wildman–Crippen MR) is 102 cm³/mol. The summed E-state index contributed by atoms with van der Waals surface area (Å²) in [6, 6.07) is 8.05. The summed E-state index contributed by atoms with van der Waals surface area (Å²) in [7, 11) is 3.61.